The maximum absolute atomic E-state index is 4.02. The lowest BCUT2D eigenvalue weighted by molar-refractivity contribution is 1.09. The van der Waals surface area contributed by atoms with Gasteiger partial charge in [0.25, 0.3) is 0 Å². The Balaban J connectivity index is 2.15. The average molecular weight is 306 g/mol. The summed E-state index contributed by atoms with van der Waals surface area (Å²) in [5, 5.41) is 3.45. The van der Waals surface area contributed by atoms with Crippen LogP contribution in [0.25, 0.3) is 0 Å². The molecule has 0 amide bonds. The van der Waals surface area contributed by atoms with Crippen LogP contribution in [0.3, 0.4) is 0 Å². The van der Waals surface area contributed by atoms with Crippen LogP contribution < -0.4 is 10.2 Å². The van der Waals surface area contributed by atoms with Gasteiger partial charge in [-0.3, -0.25) is 4.98 Å². The highest BCUT2D eigenvalue weighted by molar-refractivity contribution is 9.10. The molecule has 0 atom stereocenters. The van der Waals surface area contributed by atoms with Gasteiger partial charge in [-0.1, -0.05) is 15.9 Å². The predicted octanol–water partition coefficient (Wildman–Crippen LogP) is 3.52. The Kier molecular flexibility index (Phi) is 4.20. The predicted molar refractivity (Wildman–Crippen MR) is 80.0 cm³/mol. The Morgan fingerprint density at radius 2 is 1.89 bits per heavy atom. The van der Waals surface area contributed by atoms with Gasteiger partial charge in [-0.15, -0.1) is 0 Å². The first kappa shape index (κ1) is 12.9. The number of nitrogens with one attached hydrogen (secondary N) is 1. The third kappa shape index (κ3) is 3.23. The fourth-order valence-corrected chi connectivity index (χ4v) is 2.10. The molecule has 0 fully saturated rings. The van der Waals surface area contributed by atoms with Crippen molar-refractivity contribution in [1.29, 1.82) is 0 Å². The second-order valence-electron chi connectivity index (χ2n) is 4.26. The molecule has 0 spiro atoms. The summed E-state index contributed by atoms with van der Waals surface area (Å²) >= 11 is 3.50. The molecule has 0 saturated carbocycles. The SMILES string of the molecule is CN(C)c1ccc(Br)cc1NCc1ccncc1. The molecule has 0 aliphatic heterocycles. The van der Waals surface area contributed by atoms with E-state index in [9.17, 15) is 0 Å². The monoisotopic (exact) mass is 305 g/mol. The largest absolute Gasteiger partial charge is 0.379 e. The molecule has 4 heteroatoms. The van der Waals surface area contributed by atoms with Gasteiger partial charge < -0.3 is 10.2 Å². The lowest BCUT2D eigenvalue weighted by Gasteiger charge is -2.19. The Morgan fingerprint density at radius 3 is 2.56 bits per heavy atom. The molecule has 1 aromatic carbocycles. The maximum atomic E-state index is 4.02. The van der Waals surface area contributed by atoms with Gasteiger partial charge in [0.1, 0.15) is 0 Å². The quantitative estimate of drug-likeness (QED) is 0.937. The van der Waals surface area contributed by atoms with Crippen LogP contribution in [0.15, 0.2) is 47.2 Å². The highest BCUT2D eigenvalue weighted by Crippen LogP contribution is 2.28. The summed E-state index contributed by atoms with van der Waals surface area (Å²) < 4.78 is 1.07. The van der Waals surface area contributed by atoms with Crippen LogP contribution >= 0.6 is 15.9 Å². The van der Waals surface area contributed by atoms with E-state index in [1.165, 1.54) is 11.3 Å². The van der Waals surface area contributed by atoms with Gasteiger partial charge in [-0.05, 0) is 35.9 Å². The summed E-state index contributed by atoms with van der Waals surface area (Å²) in [5.74, 6) is 0. The minimum Gasteiger partial charge on any atom is -0.379 e. The van der Waals surface area contributed by atoms with Gasteiger partial charge in [0, 0.05) is 37.5 Å². The number of anilines is 2. The molecule has 0 aliphatic rings. The zero-order valence-corrected chi connectivity index (χ0v) is 12.1. The van der Waals surface area contributed by atoms with E-state index in [-0.39, 0.29) is 0 Å². The van der Waals surface area contributed by atoms with E-state index in [0.29, 0.717) is 0 Å². The van der Waals surface area contributed by atoms with Crippen molar-refractivity contribution >= 4 is 27.3 Å². The first-order valence-electron chi connectivity index (χ1n) is 5.76. The summed E-state index contributed by atoms with van der Waals surface area (Å²) in [6.07, 6.45) is 3.62. The van der Waals surface area contributed by atoms with E-state index in [4.69, 9.17) is 0 Å². The minimum absolute atomic E-state index is 0.791. The minimum atomic E-state index is 0.791. The zero-order valence-electron chi connectivity index (χ0n) is 10.5. The van der Waals surface area contributed by atoms with Crippen molar-refractivity contribution in [1.82, 2.24) is 4.98 Å². The molecule has 18 heavy (non-hydrogen) atoms. The van der Waals surface area contributed by atoms with Crippen LogP contribution in [-0.4, -0.2) is 19.1 Å². The fourth-order valence-electron chi connectivity index (χ4n) is 1.74. The lowest BCUT2D eigenvalue weighted by Crippen LogP contribution is -2.12. The number of aromatic nitrogens is 1. The van der Waals surface area contributed by atoms with Crippen molar-refractivity contribution in [2.24, 2.45) is 0 Å². The smallest absolute Gasteiger partial charge is 0.0597 e. The van der Waals surface area contributed by atoms with Gasteiger partial charge in [0.2, 0.25) is 0 Å². The highest BCUT2D eigenvalue weighted by atomic mass is 79.9. The molecule has 1 heterocycles. The Morgan fingerprint density at radius 1 is 1.17 bits per heavy atom. The Labute approximate surface area is 116 Å². The van der Waals surface area contributed by atoms with E-state index in [2.05, 4.69) is 43.3 Å². The number of hydrogen-bond acceptors (Lipinski definition) is 3. The van der Waals surface area contributed by atoms with E-state index in [1.807, 2.05) is 44.7 Å². The van der Waals surface area contributed by atoms with Gasteiger partial charge in [0.15, 0.2) is 0 Å². The second kappa shape index (κ2) is 5.87. The van der Waals surface area contributed by atoms with Gasteiger partial charge in [0.05, 0.1) is 11.4 Å². The number of nitrogens with zero attached hydrogens (tertiary/aromatic N) is 2. The standard InChI is InChI=1S/C14H16BrN3/c1-18(2)14-4-3-12(15)9-13(14)17-10-11-5-7-16-8-6-11/h3-9,17H,10H2,1-2H3. The first-order valence-corrected chi connectivity index (χ1v) is 6.56. The van der Waals surface area contributed by atoms with Crippen LogP contribution in [0.4, 0.5) is 11.4 Å². The van der Waals surface area contributed by atoms with Crippen molar-refractivity contribution < 1.29 is 0 Å². The summed E-state index contributed by atoms with van der Waals surface area (Å²) in [6.45, 7) is 0.791. The maximum Gasteiger partial charge on any atom is 0.0597 e. The van der Waals surface area contributed by atoms with Crippen molar-refractivity contribution in [3.05, 3.63) is 52.8 Å². The molecule has 94 valence electrons. The van der Waals surface area contributed by atoms with Crippen LogP contribution in [-0.2, 0) is 6.54 Å². The van der Waals surface area contributed by atoms with Crippen LogP contribution in [0.2, 0.25) is 0 Å². The topological polar surface area (TPSA) is 28.2 Å². The third-order valence-electron chi connectivity index (χ3n) is 2.67. The molecule has 0 radical (unpaired) electrons. The number of rotatable bonds is 4. The van der Waals surface area contributed by atoms with E-state index in [1.54, 1.807) is 0 Å². The summed E-state index contributed by atoms with van der Waals surface area (Å²) in [6, 6.07) is 10.3. The molecule has 0 saturated heterocycles. The van der Waals surface area contributed by atoms with Gasteiger partial charge >= 0.3 is 0 Å². The molecular weight excluding hydrogens is 290 g/mol. The molecular formula is C14H16BrN3. The van der Waals surface area contributed by atoms with Crippen LogP contribution in [0.5, 0.6) is 0 Å². The molecule has 0 aliphatic carbocycles. The molecule has 0 bridgehead atoms. The van der Waals surface area contributed by atoms with Crippen LogP contribution in [0, 0.1) is 0 Å². The Bertz CT molecular complexity index is 512. The zero-order chi connectivity index (χ0) is 13.0. The normalized spacial score (nSPS) is 10.2. The van der Waals surface area contributed by atoms with E-state index >= 15 is 0 Å². The number of benzene rings is 1. The summed E-state index contributed by atoms with van der Waals surface area (Å²) in [7, 11) is 4.09. The Hall–Kier alpha value is -1.55. The second-order valence-corrected chi connectivity index (χ2v) is 5.18. The molecule has 0 unspecified atom stereocenters. The third-order valence-corrected chi connectivity index (χ3v) is 3.17. The summed E-state index contributed by atoms with van der Waals surface area (Å²) in [5.41, 5.74) is 3.51. The molecule has 2 aromatic rings. The highest BCUT2D eigenvalue weighted by Gasteiger charge is 2.04. The molecule has 1 aromatic heterocycles. The fraction of sp³-hybridized carbons (Fsp3) is 0.214. The van der Waals surface area contributed by atoms with Crippen LogP contribution in [0.1, 0.15) is 5.56 Å². The number of halogens is 1. The van der Waals surface area contributed by atoms with E-state index < -0.39 is 0 Å². The first-order chi connectivity index (χ1) is 8.66. The average Bonchev–Trinajstić information content (AvgIpc) is 2.37. The van der Waals surface area contributed by atoms with Crippen molar-refractivity contribution in [2.75, 3.05) is 24.3 Å². The van der Waals surface area contributed by atoms with Gasteiger partial charge in [-0.2, -0.15) is 0 Å². The van der Waals surface area contributed by atoms with Crippen molar-refractivity contribution in [3.8, 4) is 0 Å². The molecule has 1 N–H and O–H groups in total. The lowest BCUT2D eigenvalue weighted by atomic mass is 10.2. The number of pyridine rings is 1. The number of hydrogen-bond donors (Lipinski definition) is 1. The van der Waals surface area contributed by atoms with E-state index in [0.717, 1.165) is 16.7 Å². The van der Waals surface area contributed by atoms with Crippen molar-refractivity contribution in [2.45, 2.75) is 6.54 Å². The van der Waals surface area contributed by atoms with Crippen molar-refractivity contribution in [3.63, 3.8) is 0 Å². The van der Waals surface area contributed by atoms with Gasteiger partial charge in [-0.25, -0.2) is 0 Å². The summed E-state index contributed by atoms with van der Waals surface area (Å²) in [4.78, 5) is 6.12. The molecule has 2 rings (SSSR count). The molecule has 3 nitrogen and oxygen atoms in total.